The number of rotatable bonds is 16. The average Bonchev–Trinajstić information content (AvgIpc) is 2.80. The average molecular weight is 522 g/mol. The van der Waals surface area contributed by atoms with E-state index in [1.165, 1.54) is 40.6 Å². The van der Waals surface area contributed by atoms with Crippen LogP contribution in [-0.4, -0.2) is 48.7 Å². The number of sulfone groups is 1. The van der Waals surface area contributed by atoms with Crippen LogP contribution < -0.4 is 5.32 Å². The molecule has 0 heterocycles. The maximum absolute atomic E-state index is 12.3. The minimum absolute atomic E-state index is 0.148. The zero-order valence-corrected chi connectivity index (χ0v) is 22.9. The molecule has 8 heteroatoms. The zero-order chi connectivity index (χ0) is 26.3. The summed E-state index contributed by atoms with van der Waals surface area (Å²) in [4.78, 5) is 23.9. The molecule has 0 aliphatic heterocycles. The van der Waals surface area contributed by atoms with Crippen LogP contribution in [0.25, 0.3) is 0 Å². The maximum atomic E-state index is 12.3. The summed E-state index contributed by atoms with van der Waals surface area (Å²) in [6.45, 7) is 8.44. The van der Waals surface area contributed by atoms with Crippen LogP contribution in [0.2, 0.25) is 0 Å². The number of amides is 1. The van der Waals surface area contributed by atoms with Crippen LogP contribution in [0.15, 0.2) is 70.2 Å². The highest BCUT2D eigenvalue weighted by Crippen LogP contribution is 2.14. The maximum Gasteiger partial charge on any atom is 0.327 e. The van der Waals surface area contributed by atoms with Gasteiger partial charge in [-0.3, -0.25) is 4.79 Å². The lowest BCUT2D eigenvalue weighted by atomic mass is 10.1. The van der Waals surface area contributed by atoms with Crippen LogP contribution in [0.1, 0.15) is 59.8 Å². The fraction of sp³-hybridized carbons (Fsp3) is 0.481. The van der Waals surface area contributed by atoms with Crippen molar-refractivity contribution >= 4 is 33.5 Å². The van der Waals surface area contributed by atoms with Crippen LogP contribution in [0, 0.1) is 0 Å². The van der Waals surface area contributed by atoms with Crippen molar-refractivity contribution in [1.82, 2.24) is 5.32 Å². The normalized spacial score (nSPS) is 13.3. The van der Waals surface area contributed by atoms with Gasteiger partial charge in [0, 0.05) is 17.9 Å². The summed E-state index contributed by atoms with van der Waals surface area (Å²) in [5.74, 6) is -1.23. The van der Waals surface area contributed by atoms with Gasteiger partial charge in [-0.1, -0.05) is 53.1 Å². The molecular weight excluding hydrogens is 482 g/mol. The summed E-state index contributed by atoms with van der Waals surface area (Å²) in [6.07, 6.45) is 10.4. The second-order valence-corrected chi connectivity index (χ2v) is 12.0. The monoisotopic (exact) mass is 521 g/mol. The Morgan fingerprint density at radius 3 is 2.14 bits per heavy atom. The molecule has 0 bridgehead atoms. The largest absolute Gasteiger partial charge is 0.480 e. The number of carboxylic acid groups (broad SMARTS) is 1. The SMILES string of the molecule is CC(C)=CCC/C(C)=C/CC/C(C)=C/CSC[C@H](NC(=O)CCS(=O)(=O)c1ccccc1)C(=O)O. The number of aliphatic carboxylic acids is 1. The Morgan fingerprint density at radius 2 is 1.54 bits per heavy atom. The lowest BCUT2D eigenvalue weighted by Crippen LogP contribution is -2.43. The highest BCUT2D eigenvalue weighted by Gasteiger charge is 2.22. The minimum atomic E-state index is -3.59. The first-order valence-electron chi connectivity index (χ1n) is 11.8. The van der Waals surface area contributed by atoms with Crippen molar-refractivity contribution in [1.29, 1.82) is 0 Å². The van der Waals surface area contributed by atoms with E-state index in [-0.39, 0.29) is 22.8 Å². The molecular formula is C27H39NO5S2. The Bertz CT molecular complexity index is 1010. The molecule has 0 unspecified atom stereocenters. The number of allylic oxidation sites excluding steroid dienone is 5. The molecule has 0 spiro atoms. The number of carbonyl (C=O) groups excluding carboxylic acids is 1. The van der Waals surface area contributed by atoms with Crippen molar-refractivity contribution in [3.63, 3.8) is 0 Å². The third kappa shape index (κ3) is 14.0. The molecule has 2 N–H and O–H groups in total. The van der Waals surface area contributed by atoms with E-state index in [2.05, 4.69) is 51.2 Å². The number of carbonyl (C=O) groups is 2. The van der Waals surface area contributed by atoms with E-state index < -0.39 is 27.8 Å². The highest BCUT2D eigenvalue weighted by atomic mass is 32.2. The molecule has 0 aromatic heterocycles. The van der Waals surface area contributed by atoms with Gasteiger partial charge < -0.3 is 10.4 Å². The van der Waals surface area contributed by atoms with E-state index in [0.717, 1.165) is 25.7 Å². The van der Waals surface area contributed by atoms with Gasteiger partial charge in [-0.15, -0.1) is 0 Å². The van der Waals surface area contributed by atoms with E-state index in [0.29, 0.717) is 5.75 Å². The molecule has 35 heavy (non-hydrogen) atoms. The lowest BCUT2D eigenvalue weighted by Gasteiger charge is -2.14. The fourth-order valence-electron chi connectivity index (χ4n) is 3.14. The predicted octanol–water partition coefficient (Wildman–Crippen LogP) is 5.57. The third-order valence-corrected chi connectivity index (χ3v) is 7.99. The van der Waals surface area contributed by atoms with E-state index >= 15 is 0 Å². The number of hydrogen-bond acceptors (Lipinski definition) is 5. The van der Waals surface area contributed by atoms with Gasteiger partial charge in [-0.2, -0.15) is 11.8 Å². The topological polar surface area (TPSA) is 101 Å². The van der Waals surface area contributed by atoms with Gasteiger partial charge in [0.2, 0.25) is 5.91 Å². The van der Waals surface area contributed by atoms with Crippen LogP contribution in [0.5, 0.6) is 0 Å². The predicted molar refractivity (Wildman–Crippen MR) is 145 cm³/mol. The Hall–Kier alpha value is -2.32. The number of nitrogens with one attached hydrogen (secondary N) is 1. The van der Waals surface area contributed by atoms with Crippen molar-refractivity contribution < 1.29 is 23.1 Å². The molecule has 1 atom stereocenters. The quantitative estimate of drug-likeness (QED) is 0.218. The van der Waals surface area contributed by atoms with Gasteiger partial charge in [0.25, 0.3) is 0 Å². The molecule has 0 aliphatic carbocycles. The summed E-state index contributed by atoms with van der Waals surface area (Å²) in [6, 6.07) is 6.83. The van der Waals surface area contributed by atoms with Gasteiger partial charge in [0.1, 0.15) is 6.04 Å². The van der Waals surface area contributed by atoms with Crippen molar-refractivity contribution in [2.75, 3.05) is 17.3 Å². The molecule has 1 rings (SSSR count). The van der Waals surface area contributed by atoms with Crippen molar-refractivity contribution in [2.45, 2.75) is 70.7 Å². The molecule has 0 saturated heterocycles. The molecule has 0 fully saturated rings. The zero-order valence-electron chi connectivity index (χ0n) is 21.2. The number of thioether (sulfide) groups is 1. The molecule has 194 valence electrons. The van der Waals surface area contributed by atoms with Gasteiger partial charge in [0.05, 0.1) is 10.6 Å². The van der Waals surface area contributed by atoms with Gasteiger partial charge in [-0.25, -0.2) is 13.2 Å². The molecule has 0 saturated carbocycles. The Labute approximate surface area is 214 Å². The van der Waals surface area contributed by atoms with Crippen molar-refractivity contribution in [2.24, 2.45) is 0 Å². The summed E-state index contributed by atoms with van der Waals surface area (Å²) in [5.41, 5.74) is 3.98. The first-order chi connectivity index (χ1) is 16.5. The number of carboxylic acids is 1. The fourth-order valence-corrected chi connectivity index (χ4v) is 5.40. The van der Waals surface area contributed by atoms with Gasteiger partial charge in [-0.05, 0) is 65.5 Å². The van der Waals surface area contributed by atoms with Crippen molar-refractivity contribution in [3.8, 4) is 0 Å². The van der Waals surface area contributed by atoms with Crippen LogP contribution in [0.4, 0.5) is 0 Å². The van der Waals surface area contributed by atoms with E-state index in [1.807, 2.05) is 0 Å². The summed E-state index contributed by atoms with van der Waals surface area (Å²) < 4.78 is 24.6. The second-order valence-electron chi connectivity index (χ2n) is 8.84. The molecule has 6 nitrogen and oxygen atoms in total. The van der Waals surface area contributed by atoms with Crippen LogP contribution in [0.3, 0.4) is 0 Å². The highest BCUT2D eigenvalue weighted by molar-refractivity contribution is 7.99. The minimum Gasteiger partial charge on any atom is -0.480 e. The van der Waals surface area contributed by atoms with Crippen LogP contribution >= 0.6 is 11.8 Å². The Morgan fingerprint density at radius 1 is 0.943 bits per heavy atom. The smallest absolute Gasteiger partial charge is 0.327 e. The lowest BCUT2D eigenvalue weighted by molar-refractivity contribution is -0.141. The first-order valence-corrected chi connectivity index (χ1v) is 14.6. The summed E-state index contributed by atoms with van der Waals surface area (Å²) in [5, 5.41) is 11.9. The number of benzene rings is 1. The molecule has 0 radical (unpaired) electrons. The summed E-state index contributed by atoms with van der Waals surface area (Å²) in [7, 11) is -3.59. The Kier molecular flexibility index (Phi) is 14.4. The van der Waals surface area contributed by atoms with E-state index in [1.54, 1.807) is 18.2 Å². The van der Waals surface area contributed by atoms with Gasteiger partial charge >= 0.3 is 5.97 Å². The molecule has 0 aliphatic rings. The third-order valence-electron chi connectivity index (χ3n) is 5.29. The van der Waals surface area contributed by atoms with Crippen molar-refractivity contribution in [3.05, 3.63) is 65.3 Å². The first kappa shape index (κ1) is 30.7. The van der Waals surface area contributed by atoms with E-state index in [9.17, 15) is 23.1 Å². The number of hydrogen-bond donors (Lipinski definition) is 2. The van der Waals surface area contributed by atoms with Gasteiger partial charge in [0.15, 0.2) is 9.84 Å². The second kappa shape index (κ2) is 16.4. The summed E-state index contributed by atoms with van der Waals surface area (Å²) >= 11 is 1.42. The Balaban J connectivity index is 2.39. The standard InChI is InChI=1S/C27H39NO5S2/c1-21(2)10-8-11-22(3)12-9-13-23(4)16-18-34-20-25(27(30)31)28-26(29)17-19-35(32,33)24-14-6-5-7-15-24/h5-7,10,12,14-16,25H,8-9,11,13,17-20H2,1-4H3,(H,28,29)(H,30,31)/b22-12+,23-16+/t25-/m0/s1. The molecule has 1 aromatic rings. The van der Waals surface area contributed by atoms with E-state index in [4.69, 9.17) is 0 Å². The molecule has 1 amide bonds. The molecule has 1 aromatic carbocycles. The van der Waals surface area contributed by atoms with Crippen LogP contribution in [-0.2, 0) is 19.4 Å².